The highest BCUT2D eigenvalue weighted by Crippen LogP contribution is 2.43. The molecule has 0 spiro atoms. The van der Waals surface area contributed by atoms with E-state index in [0.29, 0.717) is 23.9 Å². The number of hydrogen-bond acceptors (Lipinski definition) is 7. The molecule has 0 aliphatic rings. The van der Waals surface area contributed by atoms with Gasteiger partial charge in [-0.15, -0.1) is 0 Å². The number of nitrogens with zero attached hydrogens (tertiary/aromatic N) is 1. The van der Waals surface area contributed by atoms with Crippen LogP contribution in [0.15, 0.2) is 72.9 Å². The molecule has 0 radical (unpaired) electrons. The maximum absolute atomic E-state index is 12.9. The zero-order valence-corrected chi connectivity index (χ0v) is 55.4. The molecule has 0 aromatic heterocycles. The number of phosphoric acid groups is 1. The maximum Gasteiger partial charge on any atom is 0.472 e. The maximum atomic E-state index is 12.9. The number of likely N-dealkylation sites (N-methyl/N-ethyl adjacent to an activating group) is 1. The normalized spacial score (nSPS) is 13.6. The van der Waals surface area contributed by atoms with Gasteiger partial charge in [0.1, 0.15) is 19.8 Å². The lowest BCUT2D eigenvalue weighted by molar-refractivity contribution is -0.870. The molecule has 0 amide bonds. The average molecular weight is 1170 g/mol. The van der Waals surface area contributed by atoms with E-state index in [4.69, 9.17) is 18.5 Å². The summed E-state index contributed by atoms with van der Waals surface area (Å²) in [4.78, 5) is 35.9. The summed E-state index contributed by atoms with van der Waals surface area (Å²) < 4.78 is 34.7. The Balaban J connectivity index is 4.04. The first kappa shape index (κ1) is 79.5. The summed E-state index contributed by atoms with van der Waals surface area (Å²) in [6, 6.07) is 0. The van der Waals surface area contributed by atoms with Gasteiger partial charge in [-0.3, -0.25) is 18.6 Å². The smallest absolute Gasteiger partial charge is 0.462 e. The minimum Gasteiger partial charge on any atom is -0.462 e. The first-order valence-electron chi connectivity index (χ1n) is 34.7. The second kappa shape index (κ2) is 63.0. The van der Waals surface area contributed by atoms with Gasteiger partial charge in [0.25, 0.3) is 0 Å². The van der Waals surface area contributed by atoms with Gasteiger partial charge >= 0.3 is 19.8 Å². The van der Waals surface area contributed by atoms with Gasteiger partial charge in [0.15, 0.2) is 6.10 Å². The zero-order valence-electron chi connectivity index (χ0n) is 54.5. The van der Waals surface area contributed by atoms with E-state index < -0.39 is 26.5 Å². The third-order valence-electron chi connectivity index (χ3n) is 15.3. The number of unbranched alkanes of at least 4 members (excludes halogenated alkanes) is 38. The van der Waals surface area contributed by atoms with E-state index in [2.05, 4.69) is 86.8 Å². The van der Waals surface area contributed by atoms with Gasteiger partial charge in [0.2, 0.25) is 0 Å². The third kappa shape index (κ3) is 66.6. The zero-order chi connectivity index (χ0) is 59.8. The predicted octanol–water partition coefficient (Wildman–Crippen LogP) is 22.4. The Bertz CT molecular complexity index is 1610. The molecule has 0 aliphatic heterocycles. The highest BCUT2D eigenvalue weighted by molar-refractivity contribution is 7.47. The van der Waals surface area contributed by atoms with Crippen molar-refractivity contribution in [2.45, 2.75) is 328 Å². The van der Waals surface area contributed by atoms with Crippen LogP contribution in [0, 0.1) is 0 Å². The molecule has 0 bridgehead atoms. The fraction of sp³-hybridized carbons (Fsp3) is 0.806. The van der Waals surface area contributed by atoms with Crippen LogP contribution in [0.4, 0.5) is 0 Å². The molecule has 10 heteroatoms. The lowest BCUT2D eigenvalue weighted by Gasteiger charge is -2.24. The molecule has 0 fully saturated rings. The van der Waals surface area contributed by atoms with Crippen LogP contribution in [0.3, 0.4) is 0 Å². The molecule has 2 unspecified atom stereocenters. The van der Waals surface area contributed by atoms with Crippen LogP contribution >= 0.6 is 7.82 Å². The number of hydrogen-bond donors (Lipinski definition) is 1. The van der Waals surface area contributed by atoms with Crippen LogP contribution in [0.2, 0.25) is 0 Å². The SMILES string of the molecule is CC/C=C\C/C=C\C/C=C\C/C=C\C/C=C\C/C=C\CCCCCCCCCCCCCCCCC(=O)OC(COC(=O)CCCCCCCCCCCCCCCCCCCCCCCCCCC)COP(=O)(O)OCC[N+](C)(C)C. The first-order valence-corrected chi connectivity index (χ1v) is 36.2. The fourth-order valence-corrected chi connectivity index (χ4v) is 10.7. The largest absolute Gasteiger partial charge is 0.472 e. The topological polar surface area (TPSA) is 108 Å². The standard InChI is InChI=1S/C72H132NO8P/c1-6-8-10-12-14-16-18-20-22-24-26-28-30-32-33-34-35-36-37-38-39-41-43-45-47-49-51-53-55-57-59-61-63-65-72(75)81-70(69-80-82(76,77)79-67-66-73(3,4)5)68-78-71(74)64-62-60-58-56-54-52-50-48-46-44-42-40-31-29-27-25-23-21-19-17-15-13-11-9-7-2/h8,10,14,16,20,22,26,28,32-33,35-36,70H,6-7,9,11-13,15,17-19,21,23-25,27,29-31,34,37-69H2,1-5H3/p+1/b10-8-,16-14-,22-20-,28-26-,33-32-,36-35-. The lowest BCUT2D eigenvalue weighted by atomic mass is 10.0. The van der Waals surface area contributed by atoms with Gasteiger partial charge < -0.3 is 18.9 Å². The summed E-state index contributed by atoms with van der Waals surface area (Å²) in [5.74, 6) is -0.783. The van der Waals surface area contributed by atoms with Crippen LogP contribution in [0.5, 0.6) is 0 Å². The molecule has 9 nitrogen and oxygen atoms in total. The van der Waals surface area contributed by atoms with Crippen molar-refractivity contribution in [3.05, 3.63) is 72.9 Å². The van der Waals surface area contributed by atoms with Crippen molar-refractivity contribution in [1.82, 2.24) is 0 Å². The summed E-state index contributed by atoms with van der Waals surface area (Å²) in [5.41, 5.74) is 0. The Morgan fingerprint density at radius 2 is 0.695 bits per heavy atom. The van der Waals surface area contributed by atoms with E-state index in [1.54, 1.807) is 0 Å². The number of rotatable bonds is 64. The molecule has 2 atom stereocenters. The molecule has 478 valence electrons. The van der Waals surface area contributed by atoms with Crippen LogP contribution in [-0.2, 0) is 32.7 Å². The predicted molar refractivity (Wildman–Crippen MR) is 353 cm³/mol. The van der Waals surface area contributed by atoms with Crippen LogP contribution in [0.1, 0.15) is 322 Å². The second-order valence-corrected chi connectivity index (χ2v) is 26.0. The molecule has 0 rings (SSSR count). The Kier molecular flexibility index (Phi) is 61.0. The Labute approximate surface area is 508 Å². The summed E-state index contributed by atoms with van der Waals surface area (Å²) in [6.45, 7) is 4.37. The number of carbonyl (C=O) groups excluding carboxylic acids is 2. The van der Waals surface area contributed by atoms with Gasteiger partial charge in [0, 0.05) is 12.8 Å². The molecule has 0 aliphatic carbocycles. The second-order valence-electron chi connectivity index (χ2n) is 24.5. The number of quaternary nitrogens is 1. The molecular formula is C72H133NO8P+. The van der Waals surface area contributed by atoms with Gasteiger partial charge in [-0.05, 0) is 64.2 Å². The molecule has 0 aromatic rings. The van der Waals surface area contributed by atoms with Gasteiger partial charge in [-0.25, -0.2) is 4.57 Å². The Morgan fingerprint density at radius 3 is 1.04 bits per heavy atom. The summed E-state index contributed by atoms with van der Waals surface area (Å²) >= 11 is 0. The Morgan fingerprint density at radius 1 is 0.390 bits per heavy atom. The van der Waals surface area contributed by atoms with Crippen molar-refractivity contribution >= 4 is 19.8 Å². The summed E-state index contributed by atoms with van der Waals surface area (Å²) in [5, 5.41) is 0. The van der Waals surface area contributed by atoms with E-state index in [1.807, 2.05) is 21.1 Å². The molecular weight excluding hydrogens is 1040 g/mol. The third-order valence-corrected chi connectivity index (χ3v) is 16.2. The minimum absolute atomic E-state index is 0.0318. The van der Waals surface area contributed by atoms with E-state index in [-0.39, 0.29) is 25.6 Å². The van der Waals surface area contributed by atoms with Crippen LogP contribution in [-0.4, -0.2) is 74.9 Å². The van der Waals surface area contributed by atoms with E-state index in [1.165, 1.54) is 212 Å². The van der Waals surface area contributed by atoms with Crippen molar-refractivity contribution in [1.29, 1.82) is 0 Å². The van der Waals surface area contributed by atoms with Gasteiger partial charge in [-0.2, -0.15) is 0 Å². The highest BCUT2D eigenvalue weighted by Gasteiger charge is 2.27. The molecule has 0 saturated heterocycles. The Hall–Kier alpha value is -2.55. The lowest BCUT2D eigenvalue weighted by Crippen LogP contribution is -2.37. The number of phosphoric ester groups is 1. The van der Waals surface area contributed by atoms with Crippen molar-refractivity contribution < 1.29 is 42.1 Å². The molecule has 0 heterocycles. The monoisotopic (exact) mass is 1170 g/mol. The van der Waals surface area contributed by atoms with Crippen molar-refractivity contribution in [2.24, 2.45) is 0 Å². The highest BCUT2D eigenvalue weighted by atomic mass is 31.2. The van der Waals surface area contributed by atoms with Crippen molar-refractivity contribution in [3.63, 3.8) is 0 Å². The molecule has 82 heavy (non-hydrogen) atoms. The summed E-state index contributed by atoms with van der Waals surface area (Å²) in [6.07, 6.45) is 84.3. The number of carbonyl (C=O) groups is 2. The van der Waals surface area contributed by atoms with Crippen LogP contribution in [0.25, 0.3) is 0 Å². The number of allylic oxidation sites excluding steroid dienone is 12. The van der Waals surface area contributed by atoms with Crippen molar-refractivity contribution in [3.8, 4) is 0 Å². The first-order chi connectivity index (χ1) is 40.0. The van der Waals surface area contributed by atoms with Gasteiger partial charge in [0.05, 0.1) is 27.7 Å². The van der Waals surface area contributed by atoms with E-state index in [0.717, 1.165) is 77.0 Å². The molecule has 0 aromatic carbocycles. The molecule has 0 saturated carbocycles. The van der Waals surface area contributed by atoms with Gasteiger partial charge in [-0.1, -0.05) is 318 Å². The summed E-state index contributed by atoms with van der Waals surface area (Å²) in [7, 11) is 1.49. The number of ether oxygens (including phenoxy) is 2. The van der Waals surface area contributed by atoms with E-state index >= 15 is 0 Å². The average Bonchev–Trinajstić information content (AvgIpc) is 3.46. The fourth-order valence-electron chi connectivity index (χ4n) is 9.96. The van der Waals surface area contributed by atoms with Crippen molar-refractivity contribution in [2.75, 3.05) is 47.5 Å². The van der Waals surface area contributed by atoms with E-state index in [9.17, 15) is 19.0 Å². The molecule has 1 N–H and O–H groups in total. The van der Waals surface area contributed by atoms with Crippen LogP contribution < -0.4 is 0 Å². The minimum atomic E-state index is -4.39. The number of esters is 2. The quantitative estimate of drug-likeness (QED) is 0.0211.